The molecule has 1 aliphatic heterocycles. The predicted octanol–water partition coefficient (Wildman–Crippen LogP) is 2.62. The molecule has 1 amide bonds. The Kier molecular flexibility index (Phi) is 5.28. The van der Waals surface area contributed by atoms with Crippen molar-refractivity contribution in [2.75, 3.05) is 19.7 Å². The maximum atomic E-state index is 11.3. The first-order valence-corrected chi connectivity index (χ1v) is 9.03. The minimum Gasteiger partial charge on any atom is -0.367 e. The third-order valence-electron chi connectivity index (χ3n) is 4.23. The molecule has 2 heterocycles. The van der Waals surface area contributed by atoms with Crippen LogP contribution in [0.2, 0.25) is 0 Å². The second-order valence-electron chi connectivity index (χ2n) is 6.41. The summed E-state index contributed by atoms with van der Waals surface area (Å²) in [5, 5.41) is 1.03. The largest absolute Gasteiger partial charge is 0.367 e. The molecule has 1 aromatic heterocycles. The van der Waals surface area contributed by atoms with Crippen LogP contribution in [0.25, 0.3) is 10.6 Å². The Labute approximate surface area is 146 Å². The molecular formula is C18H23N3O2S. The van der Waals surface area contributed by atoms with Crippen LogP contribution in [0.3, 0.4) is 0 Å². The number of benzene rings is 1. The zero-order valence-electron chi connectivity index (χ0n) is 14.1. The molecule has 2 aromatic rings. The summed E-state index contributed by atoms with van der Waals surface area (Å²) < 4.78 is 5.38. The van der Waals surface area contributed by atoms with E-state index in [9.17, 15) is 4.79 Å². The van der Waals surface area contributed by atoms with E-state index in [2.05, 4.69) is 48.0 Å². The number of carbonyl (C=O) groups excluding carboxylic acids is 1. The minimum absolute atomic E-state index is 0.394. The molecule has 0 aliphatic carbocycles. The van der Waals surface area contributed by atoms with Crippen LogP contribution in [0, 0.1) is 0 Å². The van der Waals surface area contributed by atoms with Gasteiger partial charge < -0.3 is 10.5 Å². The smallest absolute Gasteiger partial charge is 0.247 e. The Hall–Kier alpha value is -1.76. The fourth-order valence-electron chi connectivity index (χ4n) is 2.76. The number of rotatable bonds is 5. The van der Waals surface area contributed by atoms with Crippen molar-refractivity contribution in [2.24, 2.45) is 5.73 Å². The molecule has 1 aromatic carbocycles. The lowest BCUT2D eigenvalue weighted by Gasteiger charge is -2.30. The predicted molar refractivity (Wildman–Crippen MR) is 95.9 cm³/mol. The van der Waals surface area contributed by atoms with Gasteiger partial charge in [0.15, 0.2) is 0 Å². The maximum absolute atomic E-state index is 11.3. The van der Waals surface area contributed by atoms with E-state index in [4.69, 9.17) is 10.5 Å². The molecular weight excluding hydrogens is 322 g/mol. The summed E-state index contributed by atoms with van der Waals surface area (Å²) in [5.74, 6) is 0.139. The number of primary amides is 1. The van der Waals surface area contributed by atoms with E-state index in [1.54, 1.807) is 11.3 Å². The van der Waals surface area contributed by atoms with E-state index in [0.717, 1.165) is 23.7 Å². The summed E-state index contributed by atoms with van der Waals surface area (Å²) in [6.45, 7) is 7.05. The highest BCUT2D eigenvalue weighted by Gasteiger charge is 2.25. The number of nitrogens with zero attached hydrogens (tertiary/aromatic N) is 2. The summed E-state index contributed by atoms with van der Waals surface area (Å²) in [6, 6.07) is 8.60. The Morgan fingerprint density at radius 2 is 2.17 bits per heavy atom. The van der Waals surface area contributed by atoms with Gasteiger partial charge >= 0.3 is 0 Å². The van der Waals surface area contributed by atoms with E-state index >= 15 is 0 Å². The Balaban J connectivity index is 1.66. The molecule has 2 N–H and O–H groups in total. The van der Waals surface area contributed by atoms with Crippen molar-refractivity contribution in [3.05, 3.63) is 40.9 Å². The summed E-state index contributed by atoms with van der Waals surface area (Å²) >= 11 is 1.69. The number of thiazole rings is 1. The average Bonchev–Trinajstić information content (AvgIpc) is 3.03. The number of carbonyl (C=O) groups is 1. The van der Waals surface area contributed by atoms with E-state index in [1.807, 2.05) is 6.20 Å². The molecule has 0 spiro atoms. The number of morpholine rings is 1. The fourth-order valence-corrected chi connectivity index (χ4v) is 3.72. The molecule has 1 saturated heterocycles. The first-order chi connectivity index (χ1) is 11.5. The Morgan fingerprint density at radius 3 is 2.83 bits per heavy atom. The monoisotopic (exact) mass is 345 g/mol. The first kappa shape index (κ1) is 17.1. The highest BCUT2D eigenvalue weighted by Crippen LogP contribution is 2.27. The summed E-state index contributed by atoms with van der Waals surface area (Å²) in [4.78, 5) is 19.2. The van der Waals surface area contributed by atoms with Gasteiger partial charge in [0.2, 0.25) is 5.91 Å². The fraction of sp³-hybridized carbons (Fsp3) is 0.444. The van der Waals surface area contributed by atoms with Gasteiger partial charge in [-0.25, -0.2) is 4.98 Å². The maximum Gasteiger partial charge on any atom is 0.247 e. The molecule has 128 valence electrons. The molecule has 24 heavy (non-hydrogen) atoms. The van der Waals surface area contributed by atoms with Gasteiger partial charge in [-0.3, -0.25) is 9.69 Å². The van der Waals surface area contributed by atoms with Crippen molar-refractivity contribution in [3.63, 3.8) is 0 Å². The number of nitrogens with two attached hydrogens (primary N) is 1. The number of amides is 1. The van der Waals surface area contributed by atoms with E-state index in [0.29, 0.717) is 19.1 Å². The lowest BCUT2D eigenvalue weighted by Crippen LogP contribution is -2.47. The van der Waals surface area contributed by atoms with Crippen LogP contribution in [0.1, 0.15) is 30.2 Å². The SMILES string of the molecule is CC(C)c1ccc(-c2ncc(CN3CCO[C@@H](C(N)=O)C3)s2)cc1. The molecule has 1 atom stereocenters. The number of hydrogen-bond donors (Lipinski definition) is 1. The third-order valence-corrected chi connectivity index (χ3v) is 5.26. The lowest BCUT2D eigenvalue weighted by molar-refractivity contribution is -0.135. The van der Waals surface area contributed by atoms with Crippen molar-refractivity contribution in [1.29, 1.82) is 0 Å². The first-order valence-electron chi connectivity index (χ1n) is 8.21. The van der Waals surface area contributed by atoms with Gasteiger partial charge in [0.1, 0.15) is 11.1 Å². The van der Waals surface area contributed by atoms with Crippen LogP contribution >= 0.6 is 11.3 Å². The highest BCUT2D eigenvalue weighted by molar-refractivity contribution is 7.15. The van der Waals surface area contributed by atoms with Crippen molar-refractivity contribution in [3.8, 4) is 10.6 Å². The topological polar surface area (TPSA) is 68.5 Å². The Morgan fingerprint density at radius 1 is 1.42 bits per heavy atom. The quantitative estimate of drug-likeness (QED) is 0.904. The highest BCUT2D eigenvalue weighted by atomic mass is 32.1. The van der Waals surface area contributed by atoms with Crippen LogP contribution in [0.15, 0.2) is 30.5 Å². The second-order valence-corrected chi connectivity index (χ2v) is 7.52. The van der Waals surface area contributed by atoms with Crippen LogP contribution in [-0.2, 0) is 16.1 Å². The van der Waals surface area contributed by atoms with Crippen molar-refractivity contribution >= 4 is 17.2 Å². The van der Waals surface area contributed by atoms with Gasteiger partial charge in [-0.05, 0) is 11.5 Å². The second kappa shape index (κ2) is 7.42. The van der Waals surface area contributed by atoms with Gasteiger partial charge in [-0.2, -0.15) is 0 Å². The van der Waals surface area contributed by atoms with Crippen molar-refractivity contribution in [2.45, 2.75) is 32.4 Å². The zero-order chi connectivity index (χ0) is 17.1. The molecule has 6 heteroatoms. The number of aromatic nitrogens is 1. The van der Waals surface area contributed by atoms with E-state index in [-0.39, 0.29) is 0 Å². The summed E-state index contributed by atoms with van der Waals surface area (Å²) in [7, 11) is 0. The van der Waals surface area contributed by atoms with E-state index < -0.39 is 12.0 Å². The standard InChI is InChI=1S/C18H23N3O2S/c1-12(2)13-3-5-14(6-4-13)18-20-9-15(24-18)10-21-7-8-23-16(11-21)17(19)22/h3-6,9,12,16H,7-8,10-11H2,1-2H3,(H2,19,22)/t16-/m1/s1. The van der Waals surface area contributed by atoms with Gasteiger partial charge in [-0.15, -0.1) is 11.3 Å². The normalized spacial score (nSPS) is 18.9. The Bertz CT molecular complexity index is 697. The molecule has 1 aliphatic rings. The van der Waals surface area contributed by atoms with Crippen molar-refractivity contribution < 1.29 is 9.53 Å². The van der Waals surface area contributed by atoms with Crippen molar-refractivity contribution in [1.82, 2.24) is 9.88 Å². The molecule has 1 fully saturated rings. The van der Waals surface area contributed by atoms with Crippen LogP contribution in [0.5, 0.6) is 0 Å². The minimum atomic E-state index is -0.505. The molecule has 0 radical (unpaired) electrons. The van der Waals surface area contributed by atoms with Gasteiger partial charge in [-0.1, -0.05) is 38.1 Å². The average molecular weight is 345 g/mol. The zero-order valence-corrected chi connectivity index (χ0v) is 14.9. The van der Waals surface area contributed by atoms with Crippen LogP contribution in [-0.4, -0.2) is 41.6 Å². The van der Waals surface area contributed by atoms with E-state index in [1.165, 1.54) is 10.4 Å². The summed E-state index contributed by atoms with van der Waals surface area (Å²) in [6.07, 6.45) is 1.42. The van der Waals surface area contributed by atoms with Gasteiger partial charge in [0.25, 0.3) is 0 Å². The third kappa shape index (κ3) is 4.01. The number of hydrogen-bond acceptors (Lipinski definition) is 5. The van der Waals surface area contributed by atoms with Crippen LogP contribution in [0.4, 0.5) is 0 Å². The van der Waals surface area contributed by atoms with Gasteiger partial charge in [0.05, 0.1) is 6.61 Å². The molecule has 0 unspecified atom stereocenters. The lowest BCUT2D eigenvalue weighted by atomic mass is 10.0. The molecule has 3 rings (SSSR count). The van der Waals surface area contributed by atoms with Gasteiger partial charge in [0, 0.05) is 36.3 Å². The number of ether oxygens (including phenoxy) is 1. The summed E-state index contributed by atoms with van der Waals surface area (Å²) in [5.41, 5.74) is 7.82. The van der Waals surface area contributed by atoms with Crippen LogP contribution < -0.4 is 5.73 Å². The molecule has 5 nitrogen and oxygen atoms in total. The molecule has 0 bridgehead atoms. The molecule has 0 saturated carbocycles.